The van der Waals surface area contributed by atoms with Gasteiger partial charge in [0.25, 0.3) is 5.56 Å². The average Bonchev–Trinajstić information content (AvgIpc) is 2.81. The third-order valence-corrected chi connectivity index (χ3v) is 5.79. The van der Waals surface area contributed by atoms with Crippen LogP contribution in [0.4, 0.5) is 11.4 Å². The lowest BCUT2D eigenvalue weighted by Crippen LogP contribution is -2.41. The van der Waals surface area contributed by atoms with Gasteiger partial charge in [0.15, 0.2) is 0 Å². The van der Waals surface area contributed by atoms with Gasteiger partial charge in [-0.05, 0) is 42.5 Å². The monoisotopic (exact) mass is 416 g/mol. The van der Waals surface area contributed by atoms with Crippen molar-refractivity contribution >= 4 is 17.3 Å². The fourth-order valence-electron chi connectivity index (χ4n) is 4.01. The van der Waals surface area contributed by atoms with Gasteiger partial charge in [-0.15, -0.1) is 0 Å². The number of amides is 1. The Morgan fingerprint density at radius 1 is 1.10 bits per heavy atom. The molecule has 0 aliphatic carbocycles. The molecular weight excluding hydrogens is 388 g/mol. The molecule has 6 heteroatoms. The summed E-state index contributed by atoms with van der Waals surface area (Å²) in [5, 5.41) is 7.43. The van der Waals surface area contributed by atoms with Crippen molar-refractivity contribution in [3.05, 3.63) is 88.3 Å². The van der Waals surface area contributed by atoms with E-state index in [2.05, 4.69) is 28.3 Å². The Morgan fingerprint density at radius 3 is 2.68 bits per heavy atom. The third kappa shape index (κ3) is 5.20. The topological polar surface area (TPSA) is 67.2 Å². The highest BCUT2D eigenvalue weighted by atomic mass is 16.2. The van der Waals surface area contributed by atoms with Crippen molar-refractivity contribution in [3.63, 3.8) is 0 Å². The maximum absolute atomic E-state index is 12.8. The van der Waals surface area contributed by atoms with Crippen LogP contribution < -0.4 is 15.8 Å². The maximum atomic E-state index is 12.8. The molecule has 0 radical (unpaired) electrons. The van der Waals surface area contributed by atoms with Crippen LogP contribution in [0.5, 0.6) is 0 Å². The van der Waals surface area contributed by atoms with Gasteiger partial charge in [0.1, 0.15) is 0 Å². The standard InChI is InChI=1S/C25H28N4O2/c1-2-19-10-6-12-22(14-19)27-25(31)21-11-7-13-28(18-21)23-15-24(30)29(26-16-23)17-20-8-4-3-5-9-20/h3-6,8-10,12,14-16,21H,2,7,11,13,17-18H2,1H3,(H,27,31)/t21-/m1/s1. The zero-order valence-electron chi connectivity index (χ0n) is 17.8. The minimum absolute atomic E-state index is 0.0309. The van der Waals surface area contributed by atoms with E-state index in [1.165, 1.54) is 10.2 Å². The number of hydrogen-bond donors (Lipinski definition) is 1. The van der Waals surface area contributed by atoms with Crippen LogP contribution in [0.2, 0.25) is 0 Å². The molecular formula is C25H28N4O2. The highest BCUT2D eigenvalue weighted by Gasteiger charge is 2.26. The molecule has 1 saturated heterocycles. The molecule has 31 heavy (non-hydrogen) atoms. The minimum Gasteiger partial charge on any atom is -0.369 e. The number of carbonyl (C=O) groups is 1. The summed E-state index contributed by atoms with van der Waals surface area (Å²) in [4.78, 5) is 27.5. The number of piperidine rings is 1. The zero-order chi connectivity index (χ0) is 21.6. The third-order valence-electron chi connectivity index (χ3n) is 5.79. The molecule has 1 atom stereocenters. The molecule has 0 unspecified atom stereocenters. The molecule has 1 N–H and O–H groups in total. The lowest BCUT2D eigenvalue weighted by molar-refractivity contribution is -0.120. The smallest absolute Gasteiger partial charge is 0.269 e. The van der Waals surface area contributed by atoms with Crippen LogP contribution in [0.15, 0.2) is 71.7 Å². The quantitative estimate of drug-likeness (QED) is 0.665. The van der Waals surface area contributed by atoms with Gasteiger partial charge in [0, 0.05) is 24.8 Å². The van der Waals surface area contributed by atoms with Gasteiger partial charge < -0.3 is 10.2 Å². The van der Waals surface area contributed by atoms with Crippen molar-refractivity contribution in [1.29, 1.82) is 0 Å². The highest BCUT2D eigenvalue weighted by molar-refractivity contribution is 5.93. The molecule has 2 heterocycles. The predicted molar refractivity (Wildman–Crippen MR) is 123 cm³/mol. The van der Waals surface area contributed by atoms with Gasteiger partial charge in [0.05, 0.1) is 24.3 Å². The first-order chi connectivity index (χ1) is 15.1. The molecule has 2 aromatic carbocycles. The Labute approximate surface area is 182 Å². The van der Waals surface area contributed by atoms with Gasteiger partial charge in [-0.1, -0.05) is 49.4 Å². The lowest BCUT2D eigenvalue weighted by atomic mass is 9.96. The van der Waals surface area contributed by atoms with Gasteiger partial charge >= 0.3 is 0 Å². The van der Waals surface area contributed by atoms with Gasteiger partial charge in [-0.3, -0.25) is 9.59 Å². The summed E-state index contributed by atoms with van der Waals surface area (Å²) in [6.45, 7) is 3.95. The molecule has 0 spiro atoms. The van der Waals surface area contributed by atoms with Crippen molar-refractivity contribution < 1.29 is 4.79 Å². The fourth-order valence-corrected chi connectivity index (χ4v) is 4.01. The Kier molecular flexibility index (Phi) is 6.46. The van der Waals surface area contributed by atoms with E-state index in [-0.39, 0.29) is 17.4 Å². The molecule has 0 bridgehead atoms. The summed E-state index contributed by atoms with van der Waals surface area (Å²) in [6, 6.07) is 19.4. The number of anilines is 2. The van der Waals surface area contributed by atoms with Crippen LogP contribution in [0.1, 0.15) is 30.9 Å². The fraction of sp³-hybridized carbons (Fsp3) is 0.320. The molecule has 1 aromatic heterocycles. The zero-order valence-corrected chi connectivity index (χ0v) is 17.8. The predicted octanol–water partition coefficient (Wildman–Crippen LogP) is 3.71. The SMILES string of the molecule is CCc1cccc(NC(=O)[C@@H]2CCCN(c3cnn(Cc4ccccc4)c(=O)c3)C2)c1. The van der Waals surface area contributed by atoms with Crippen molar-refractivity contribution in [1.82, 2.24) is 9.78 Å². The van der Waals surface area contributed by atoms with E-state index in [1.54, 1.807) is 12.3 Å². The second-order valence-electron chi connectivity index (χ2n) is 8.02. The molecule has 1 aliphatic heterocycles. The van der Waals surface area contributed by atoms with Crippen LogP contribution in [0, 0.1) is 5.92 Å². The summed E-state index contributed by atoms with van der Waals surface area (Å²) >= 11 is 0. The van der Waals surface area contributed by atoms with Crippen LogP contribution in [0.3, 0.4) is 0 Å². The number of benzene rings is 2. The number of hydrogen-bond acceptors (Lipinski definition) is 4. The summed E-state index contributed by atoms with van der Waals surface area (Å²) in [5.41, 5.74) is 3.72. The number of nitrogens with one attached hydrogen (secondary N) is 1. The second kappa shape index (κ2) is 9.60. The Balaban J connectivity index is 1.42. The van der Waals surface area contributed by atoms with Crippen LogP contribution in [-0.2, 0) is 17.8 Å². The molecule has 160 valence electrons. The largest absolute Gasteiger partial charge is 0.369 e. The van der Waals surface area contributed by atoms with E-state index in [1.807, 2.05) is 48.5 Å². The number of rotatable bonds is 6. The normalized spacial score (nSPS) is 16.2. The number of carbonyl (C=O) groups excluding carboxylic acids is 1. The molecule has 6 nitrogen and oxygen atoms in total. The molecule has 1 aliphatic rings. The first-order valence-corrected chi connectivity index (χ1v) is 10.9. The van der Waals surface area contributed by atoms with Gasteiger partial charge in [-0.2, -0.15) is 5.10 Å². The number of aromatic nitrogens is 2. The maximum Gasteiger partial charge on any atom is 0.269 e. The highest BCUT2D eigenvalue weighted by Crippen LogP contribution is 2.23. The van der Waals surface area contributed by atoms with E-state index in [0.717, 1.165) is 42.7 Å². The Hall–Kier alpha value is -3.41. The van der Waals surface area contributed by atoms with Gasteiger partial charge in [-0.25, -0.2) is 4.68 Å². The van der Waals surface area contributed by atoms with E-state index in [0.29, 0.717) is 13.1 Å². The van der Waals surface area contributed by atoms with E-state index in [9.17, 15) is 9.59 Å². The van der Waals surface area contributed by atoms with Crippen molar-refractivity contribution in [2.45, 2.75) is 32.7 Å². The minimum atomic E-state index is -0.135. The summed E-state index contributed by atoms with van der Waals surface area (Å²) in [7, 11) is 0. The molecule has 3 aromatic rings. The summed E-state index contributed by atoms with van der Waals surface area (Å²) in [6.07, 6.45) is 4.41. The summed E-state index contributed by atoms with van der Waals surface area (Å²) in [5.74, 6) is -0.0888. The van der Waals surface area contributed by atoms with Crippen LogP contribution >= 0.6 is 0 Å². The van der Waals surface area contributed by atoms with E-state index in [4.69, 9.17) is 0 Å². The second-order valence-corrected chi connectivity index (χ2v) is 8.02. The van der Waals surface area contributed by atoms with Gasteiger partial charge in [0.2, 0.25) is 5.91 Å². The van der Waals surface area contributed by atoms with Crippen molar-refractivity contribution in [3.8, 4) is 0 Å². The summed E-state index contributed by atoms with van der Waals surface area (Å²) < 4.78 is 1.47. The average molecular weight is 417 g/mol. The van der Waals surface area contributed by atoms with Crippen molar-refractivity contribution in [2.75, 3.05) is 23.3 Å². The first kappa shape index (κ1) is 20.8. The Morgan fingerprint density at radius 2 is 1.90 bits per heavy atom. The van der Waals surface area contributed by atoms with Crippen LogP contribution in [0.25, 0.3) is 0 Å². The number of aryl methyl sites for hydroxylation is 1. The molecule has 4 rings (SSSR count). The van der Waals surface area contributed by atoms with Crippen molar-refractivity contribution in [2.24, 2.45) is 5.92 Å². The van der Waals surface area contributed by atoms with Crippen LogP contribution in [-0.4, -0.2) is 28.8 Å². The molecule has 1 amide bonds. The molecule has 1 fully saturated rings. The molecule has 0 saturated carbocycles. The Bertz CT molecular complexity index is 1090. The lowest BCUT2D eigenvalue weighted by Gasteiger charge is -2.33. The van der Waals surface area contributed by atoms with E-state index < -0.39 is 0 Å². The first-order valence-electron chi connectivity index (χ1n) is 10.9. The van der Waals surface area contributed by atoms with E-state index >= 15 is 0 Å². The number of nitrogens with zero attached hydrogens (tertiary/aromatic N) is 3.